The van der Waals surface area contributed by atoms with E-state index >= 15 is 0 Å². The summed E-state index contributed by atoms with van der Waals surface area (Å²) in [6.07, 6.45) is 6.07. The minimum absolute atomic E-state index is 0.204. The van der Waals surface area contributed by atoms with Gasteiger partial charge in [0.1, 0.15) is 12.2 Å². The minimum Gasteiger partial charge on any atom is -0.392 e. The fourth-order valence-electron chi connectivity index (χ4n) is 3.48. The molecule has 3 rings (SSSR count). The minimum atomic E-state index is -0.204. The van der Waals surface area contributed by atoms with Gasteiger partial charge in [-0.1, -0.05) is 6.42 Å². The van der Waals surface area contributed by atoms with E-state index in [-0.39, 0.29) is 6.10 Å². The molecule has 2 fully saturated rings. The molecule has 3 unspecified atom stereocenters. The molecular formula is C12H19N3O. The predicted molar refractivity (Wildman–Crippen MR) is 59.7 cm³/mol. The first-order valence-electron chi connectivity index (χ1n) is 6.36. The van der Waals surface area contributed by atoms with Crippen LogP contribution in [-0.2, 0) is 13.0 Å². The van der Waals surface area contributed by atoms with Crippen LogP contribution in [0.4, 0.5) is 0 Å². The summed E-state index contributed by atoms with van der Waals surface area (Å²) in [6.45, 7) is 2.88. The molecule has 16 heavy (non-hydrogen) atoms. The van der Waals surface area contributed by atoms with Crippen molar-refractivity contribution in [3.05, 3.63) is 12.2 Å². The maximum atomic E-state index is 10.2. The molecule has 0 saturated heterocycles. The fraction of sp³-hybridized carbons (Fsp3) is 0.833. The largest absolute Gasteiger partial charge is 0.392 e. The Hall–Kier alpha value is -0.900. The third-order valence-corrected chi connectivity index (χ3v) is 4.30. The quantitative estimate of drug-likeness (QED) is 0.832. The summed E-state index contributed by atoms with van der Waals surface area (Å²) in [5, 5.41) is 14.3. The highest BCUT2D eigenvalue weighted by Crippen LogP contribution is 2.59. The second-order valence-corrected chi connectivity index (χ2v) is 5.10. The van der Waals surface area contributed by atoms with Crippen LogP contribution in [0.1, 0.15) is 32.0 Å². The Bertz CT molecular complexity index is 366. The summed E-state index contributed by atoms with van der Waals surface area (Å²) >= 11 is 0. The maximum absolute atomic E-state index is 10.2. The van der Waals surface area contributed by atoms with E-state index in [2.05, 4.69) is 17.0 Å². The van der Waals surface area contributed by atoms with Crippen LogP contribution >= 0.6 is 0 Å². The molecule has 1 heterocycles. The first kappa shape index (κ1) is 10.3. The Morgan fingerprint density at radius 2 is 2.25 bits per heavy atom. The molecule has 2 aliphatic rings. The van der Waals surface area contributed by atoms with Crippen molar-refractivity contribution in [2.45, 2.75) is 45.3 Å². The summed E-state index contributed by atoms with van der Waals surface area (Å²) in [6, 6.07) is 0. The van der Waals surface area contributed by atoms with E-state index in [1.165, 1.54) is 19.3 Å². The second kappa shape index (κ2) is 3.84. The van der Waals surface area contributed by atoms with Gasteiger partial charge in [0.15, 0.2) is 0 Å². The third kappa shape index (κ3) is 1.56. The highest BCUT2D eigenvalue weighted by atomic mass is 16.3. The van der Waals surface area contributed by atoms with Gasteiger partial charge in [-0.05, 0) is 37.5 Å². The number of fused-ring (bicyclic) bond motifs is 1. The monoisotopic (exact) mass is 221 g/mol. The van der Waals surface area contributed by atoms with Crippen LogP contribution < -0.4 is 0 Å². The van der Waals surface area contributed by atoms with Gasteiger partial charge in [-0.3, -0.25) is 4.68 Å². The average Bonchev–Trinajstić information content (AvgIpc) is 2.71. The Balaban J connectivity index is 1.63. The highest BCUT2D eigenvalue weighted by Gasteiger charge is 2.55. The van der Waals surface area contributed by atoms with Gasteiger partial charge in [0.2, 0.25) is 0 Å². The molecule has 0 aromatic carbocycles. The Labute approximate surface area is 95.7 Å². The molecular weight excluding hydrogens is 202 g/mol. The number of aliphatic hydroxyl groups excluding tert-OH is 1. The van der Waals surface area contributed by atoms with Gasteiger partial charge in [-0.15, -0.1) is 0 Å². The van der Waals surface area contributed by atoms with Crippen LogP contribution in [0.5, 0.6) is 0 Å². The van der Waals surface area contributed by atoms with Crippen molar-refractivity contribution in [2.75, 3.05) is 0 Å². The summed E-state index contributed by atoms with van der Waals surface area (Å²) in [5.41, 5.74) is 0. The number of aromatic nitrogens is 3. The van der Waals surface area contributed by atoms with E-state index in [9.17, 15) is 5.11 Å². The lowest BCUT2D eigenvalue weighted by Crippen LogP contribution is -2.19. The summed E-state index contributed by atoms with van der Waals surface area (Å²) in [7, 11) is 0. The van der Waals surface area contributed by atoms with Gasteiger partial charge < -0.3 is 5.11 Å². The number of hydrogen-bond donors (Lipinski definition) is 1. The van der Waals surface area contributed by atoms with Crippen molar-refractivity contribution >= 4 is 0 Å². The van der Waals surface area contributed by atoms with Crippen LogP contribution in [0.3, 0.4) is 0 Å². The molecule has 0 radical (unpaired) electrons. The standard InChI is InChI=1S/C12H19N3O/c1-2-15-11(13-7-14-15)6-10(16)12-8-4-3-5-9(8)12/h7-10,12,16H,2-6H2,1H3. The SMILES string of the molecule is CCn1ncnc1CC(O)C1C2CCCC21. The zero-order chi connectivity index (χ0) is 11.1. The third-order valence-electron chi connectivity index (χ3n) is 4.30. The number of nitrogens with zero attached hydrogens (tertiary/aromatic N) is 3. The molecule has 0 amide bonds. The normalized spacial score (nSPS) is 33.8. The van der Waals surface area contributed by atoms with Crippen molar-refractivity contribution in [3.8, 4) is 0 Å². The number of rotatable bonds is 4. The average molecular weight is 221 g/mol. The molecule has 1 aromatic rings. The first-order valence-corrected chi connectivity index (χ1v) is 6.36. The van der Waals surface area contributed by atoms with Crippen LogP contribution in [0.15, 0.2) is 6.33 Å². The molecule has 2 aliphatic carbocycles. The van der Waals surface area contributed by atoms with Gasteiger partial charge in [-0.25, -0.2) is 4.98 Å². The fourth-order valence-corrected chi connectivity index (χ4v) is 3.48. The highest BCUT2D eigenvalue weighted by molar-refractivity contribution is 5.06. The number of aryl methyl sites for hydroxylation is 1. The van der Waals surface area contributed by atoms with Gasteiger partial charge in [0, 0.05) is 13.0 Å². The van der Waals surface area contributed by atoms with Gasteiger partial charge in [0.05, 0.1) is 6.10 Å². The van der Waals surface area contributed by atoms with Crippen molar-refractivity contribution in [1.82, 2.24) is 14.8 Å². The zero-order valence-corrected chi connectivity index (χ0v) is 9.71. The molecule has 3 atom stereocenters. The zero-order valence-electron chi connectivity index (χ0n) is 9.71. The van der Waals surface area contributed by atoms with Crippen molar-refractivity contribution in [2.24, 2.45) is 17.8 Å². The van der Waals surface area contributed by atoms with Crippen molar-refractivity contribution < 1.29 is 5.11 Å². The molecule has 4 heteroatoms. The molecule has 88 valence electrons. The van der Waals surface area contributed by atoms with Crippen molar-refractivity contribution in [3.63, 3.8) is 0 Å². The van der Waals surface area contributed by atoms with E-state index in [4.69, 9.17) is 0 Å². The van der Waals surface area contributed by atoms with E-state index in [1.807, 2.05) is 4.68 Å². The van der Waals surface area contributed by atoms with Crippen LogP contribution in [0, 0.1) is 17.8 Å². The van der Waals surface area contributed by atoms with E-state index < -0.39 is 0 Å². The van der Waals surface area contributed by atoms with Gasteiger partial charge in [-0.2, -0.15) is 5.10 Å². The second-order valence-electron chi connectivity index (χ2n) is 5.10. The Kier molecular flexibility index (Phi) is 2.46. The lowest BCUT2D eigenvalue weighted by molar-refractivity contribution is 0.132. The van der Waals surface area contributed by atoms with Gasteiger partial charge >= 0.3 is 0 Å². The van der Waals surface area contributed by atoms with Crippen LogP contribution in [0.25, 0.3) is 0 Å². The number of hydrogen-bond acceptors (Lipinski definition) is 3. The van der Waals surface area contributed by atoms with Crippen LogP contribution in [0.2, 0.25) is 0 Å². The maximum Gasteiger partial charge on any atom is 0.138 e. The molecule has 1 N–H and O–H groups in total. The molecule has 4 nitrogen and oxygen atoms in total. The topological polar surface area (TPSA) is 50.9 Å². The van der Waals surface area contributed by atoms with Crippen LogP contribution in [-0.4, -0.2) is 26.0 Å². The van der Waals surface area contributed by atoms with E-state index in [0.717, 1.165) is 24.2 Å². The Morgan fingerprint density at radius 3 is 2.94 bits per heavy atom. The van der Waals surface area contributed by atoms with E-state index in [0.29, 0.717) is 12.3 Å². The lowest BCUT2D eigenvalue weighted by atomic mass is 10.0. The predicted octanol–water partition coefficient (Wildman–Crippen LogP) is 1.25. The Morgan fingerprint density at radius 1 is 1.50 bits per heavy atom. The molecule has 0 bridgehead atoms. The lowest BCUT2D eigenvalue weighted by Gasteiger charge is -2.12. The molecule has 2 saturated carbocycles. The summed E-state index contributed by atoms with van der Waals surface area (Å²) < 4.78 is 1.88. The smallest absolute Gasteiger partial charge is 0.138 e. The van der Waals surface area contributed by atoms with Gasteiger partial charge in [0.25, 0.3) is 0 Å². The summed E-state index contributed by atoms with van der Waals surface area (Å²) in [4.78, 5) is 4.22. The summed E-state index contributed by atoms with van der Waals surface area (Å²) in [5.74, 6) is 3.11. The molecule has 0 spiro atoms. The first-order chi connectivity index (χ1) is 7.81. The van der Waals surface area contributed by atoms with E-state index in [1.54, 1.807) is 6.33 Å². The number of aliphatic hydroxyl groups is 1. The van der Waals surface area contributed by atoms with Crippen molar-refractivity contribution in [1.29, 1.82) is 0 Å². The molecule has 1 aromatic heterocycles. The molecule has 0 aliphatic heterocycles.